The normalized spacial score (nSPS) is 10.9. The molecule has 0 aliphatic carbocycles. The highest BCUT2D eigenvalue weighted by Crippen LogP contribution is 2.26. The van der Waals surface area contributed by atoms with E-state index >= 15 is 0 Å². The molecular formula is C18H18F3NO4. The van der Waals surface area contributed by atoms with Crippen molar-refractivity contribution in [3.63, 3.8) is 0 Å². The van der Waals surface area contributed by atoms with Gasteiger partial charge in [0.1, 0.15) is 17.2 Å². The lowest BCUT2D eigenvalue weighted by atomic mass is 10.3. The van der Waals surface area contributed by atoms with Gasteiger partial charge >= 0.3 is 6.18 Å². The first-order valence-corrected chi connectivity index (χ1v) is 7.81. The number of carbonyl (C=O) groups is 1. The molecule has 0 fully saturated rings. The largest absolute Gasteiger partial charge is 0.494 e. The Labute approximate surface area is 148 Å². The van der Waals surface area contributed by atoms with Crippen LogP contribution in [0.3, 0.4) is 0 Å². The number of nitrogens with one attached hydrogen (secondary N) is 1. The molecule has 2 rings (SSSR count). The Bertz CT molecular complexity index is 717. The number of para-hydroxylation sites is 2. The summed E-state index contributed by atoms with van der Waals surface area (Å²) in [4.78, 5) is 12.0. The maximum absolute atomic E-state index is 12.3. The van der Waals surface area contributed by atoms with E-state index in [9.17, 15) is 18.0 Å². The third kappa shape index (κ3) is 6.54. The second-order valence-corrected chi connectivity index (χ2v) is 5.14. The summed E-state index contributed by atoms with van der Waals surface area (Å²) in [6, 6.07) is 12.6. The highest BCUT2D eigenvalue weighted by atomic mass is 19.4. The third-order valence-corrected chi connectivity index (χ3v) is 3.06. The molecule has 5 nitrogen and oxygen atoms in total. The van der Waals surface area contributed by atoms with Gasteiger partial charge in [-0.2, -0.15) is 13.2 Å². The van der Waals surface area contributed by atoms with Crippen LogP contribution in [0.15, 0.2) is 48.5 Å². The molecule has 0 spiro atoms. The van der Waals surface area contributed by atoms with Gasteiger partial charge in [-0.25, -0.2) is 0 Å². The van der Waals surface area contributed by atoms with Gasteiger partial charge in [0.25, 0.3) is 5.91 Å². The number of hydrogen-bond donors (Lipinski definition) is 1. The van der Waals surface area contributed by atoms with Crippen LogP contribution in [-0.2, 0) is 4.79 Å². The van der Waals surface area contributed by atoms with Gasteiger partial charge in [-0.1, -0.05) is 12.1 Å². The first kappa shape index (κ1) is 19.4. The third-order valence-electron chi connectivity index (χ3n) is 3.06. The first-order valence-electron chi connectivity index (χ1n) is 7.81. The lowest BCUT2D eigenvalue weighted by molar-refractivity contribution is -0.153. The van der Waals surface area contributed by atoms with Crippen LogP contribution < -0.4 is 19.5 Å². The number of hydrogen-bond acceptors (Lipinski definition) is 4. The topological polar surface area (TPSA) is 56.8 Å². The number of anilines is 1. The van der Waals surface area contributed by atoms with Crippen LogP contribution in [0.4, 0.5) is 18.9 Å². The summed E-state index contributed by atoms with van der Waals surface area (Å²) in [5.74, 6) is 0.548. The van der Waals surface area contributed by atoms with Crippen molar-refractivity contribution in [2.24, 2.45) is 0 Å². The molecule has 1 amide bonds. The van der Waals surface area contributed by atoms with Crippen LogP contribution in [0.5, 0.6) is 17.2 Å². The van der Waals surface area contributed by atoms with E-state index in [0.717, 1.165) is 0 Å². The Morgan fingerprint density at radius 1 is 0.962 bits per heavy atom. The molecule has 8 heteroatoms. The van der Waals surface area contributed by atoms with Gasteiger partial charge in [0, 0.05) is 0 Å². The Balaban J connectivity index is 1.89. The van der Waals surface area contributed by atoms with Gasteiger partial charge in [-0.3, -0.25) is 4.79 Å². The molecule has 1 N–H and O–H groups in total. The highest BCUT2D eigenvalue weighted by Gasteiger charge is 2.28. The zero-order valence-corrected chi connectivity index (χ0v) is 14.0. The van der Waals surface area contributed by atoms with E-state index in [2.05, 4.69) is 5.32 Å². The summed E-state index contributed by atoms with van der Waals surface area (Å²) in [5, 5.41) is 2.47. The number of carbonyl (C=O) groups excluding carboxylic acids is 1. The van der Waals surface area contributed by atoms with Crippen LogP contribution in [0.1, 0.15) is 6.92 Å². The van der Waals surface area contributed by atoms with E-state index in [1.165, 1.54) is 18.2 Å². The molecule has 0 unspecified atom stereocenters. The van der Waals surface area contributed by atoms with E-state index in [-0.39, 0.29) is 18.0 Å². The van der Waals surface area contributed by atoms with E-state index in [4.69, 9.17) is 14.2 Å². The Morgan fingerprint density at radius 2 is 1.58 bits per heavy atom. The molecule has 26 heavy (non-hydrogen) atoms. The summed E-state index contributed by atoms with van der Waals surface area (Å²) in [6.45, 7) is 0.660. The zero-order chi connectivity index (χ0) is 19.0. The average molecular weight is 369 g/mol. The summed E-state index contributed by atoms with van der Waals surface area (Å²) >= 11 is 0. The number of alkyl halides is 3. The molecule has 0 saturated heterocycles. The summed E-state index contributed by atoms with van der Waals surface area (Å²) < 4.78 is 52.2. The second-order valence-electron chi connectivity index (χ2n) is 5.14. The number of halogens is 3. The highest BCUT2D eigenvalue weighted by molar-refractivity contribution is 5.93. The van der Waals surface area contributed by atoms with Crippen molar-refractivity contribution in [2.45, 2.75) is 13.1 Å². The first-order chi connectivity index (χ1) is 12.4. The molecule has 0 aliphatic rings. The summed E-state index contributed by atoms with van der Waals surface area (Å²) in [6.07, 6.45) is -4.46. The standard InChI is InChI=1S/C18H18F3NO4/c1-2-24-13-7-9-14(10-8-13)25-11-17(23)22-15-5-3-4-6-16(15)26-12-18(19,20)21/h3-10H,2,11-12H2,1H3,(H,22,23). The van der Waals surface area contributed by atoms with Gasteiger partial charge in [0.15, 0.2) is 13.2 Å². The van der Waals surface area contributed by atoms with Crippen molar-refractivity contribution >= 4 is 11.6 Å². The number of benzene rings is 2. The van der Waals surface area contributed by atoms with Crippen molar-refractivity contribution in [2.75, 3.05) is 25.1 Å². The van der Waals surface area contributed by atoms with Crippen molar-refractivity contribution in [3.05, 3.63) is 48.5 Å². The van der Waals surface area contributed by atoms with Crippen molar-refractivity contribution in [3.8, 4) is 17.2 Å². The number of rotatable bonds is 8. The van der Waals surface area contributed by atoms with E-state index in [1.807, 2.05) is 6.92 Å². The zero-order valence-electron chi connectivity index (χ0n) is 14.0. The van der Waals surface area contributed by atoms with Gasteiger partial charge < -0.3 is 19.5 Å². The average Bonchev–Trinajstić information content (AvgIpc) is 2.60. The Morgan fingerprint density at radius 3 is 2.19 bits per heavy atom. The molecule has 0 saturated carbocycles. The molecule has 0 bridgehead atoms. The Hall–Kier alpha value is -2.90. The monoisotopic (exact) mass is 369 g/mol. The summed E-state index contributed by atoms with van der Waals surface area (Å²) in [7, 11) is 0. The Kier molecular flexibility index (Phi) is 6.71. The van der Waals surface area contributed by atoms with E-state index < -0.39 is 18.7 Å². The molecule has 0 aliphatic heterocycles. The van der Waals surface area contributed by atoms with Crippen LogP contribution in [-0.4, -0.2) is 31.9 Å². The molecule has 140 valence electrons. The lowest BCUT2D eigenvalue weighted by Gasteiger charge is -2.14. The maximum atomic E-state index is 12.3. The lowest BCUT2D eigenvalue weighted by Crippen LogP contribution is -2.22. The van der Waals surface area contributed by atoms with Gasteiger partial charge in [0.2, 0.25) is 0 Å². The van der Waals surface area contributed by atoms with Crippen LogP contribution in [0, 0.1) is 0 Å². The number of amides is 1. The molecule has 0 radical (unpaired) electrons. The van der Waals surface area contributed by atoms with Crippen LogP contribution in [0.2, 0.25) is 0 Å². The smallest absolute Gasteiger partial charge is 0.422 e. The fourth-order valence-electron chi connectivity index (χ4n) is 1.99. The molecule has 0 atom stereocenters. The van der Waals surface area contributed by atoms with Gasteiger partial charge in [0.05, 0.1) is 12.3 Å². The second kappa shape index (κ2) is 8.98. The predicted octanol–water partition coefficient (Wildman–Crippen LogP) is 4.04. The predicted molar refractivity (Wildman–Crippen MR) is 89.7 cm³/mol. The number of ether oxygens (including phenoxy) is 3. The van der Waals surface area contributed by atoms with E-state index in [0.29, 0.717) is 18.1 Å². The molecular weight excluding hydrogens is 351 g/mol. The van der Waals surface area contributed by atoms with Gasteiger partial charge in [-0.05, 0) is 43.3 Å². The SMILES string of the molecule is CCOc1ccc(OCC(=O)Nc2ccccc2OCC(F)(F)F)cc1. The fraction of sp³-hybridized carbons (Fsp3) is 0.278. The minimum Gasteiger partial charge on any atom is -0.494 e. The van der Waals surface area contributed by atoms with Crippen LogP contribution in [0.25, 0.3) is 0 Å². The molecule has 2 aromatic rings. The van der Waals surface area contributed by atoms with Crippen molar-refractivity contribution in [1.29, 1.82) is 0 Å². The van der Waals surface area contributed by atoms with E-state index in [1.54, 1.807) is 30.3 Å². The fourth-order valence-corrected chi connectivity index (χ4v) is 1.99. The van der Waals surface area contributed by atoms with Crippen molar-refractivity contribution < 1.29 is 32.2 Å². The van der Waals surface area contributed by atoms with Crippen LogP contribution >= 0.6 is 0 Å². The molecule has 2 aromatic carbocycles. The minimum atomic E-state index is -4.46. The quantitative estimate of drug-likeness (QED) is 0.763. The van der Waals surface area contributed by atoms with Gasteiger partial charge in [-0.15, -0.1) is 0 Å². The minimum absolute atomic E-state index is 0.0701. The molecule has 0 heterocycles. The maximum Gasteiger partial charge on any atom is 0.422 e. The van der Waals surface area contributed by atoms with Crippen molar-refractivity contribution in [1.82, 2.24) is 0 Å². The summed E-state index contributed by atoms with van der Waals surface area (Å²) in [5.41, 5.74) is 0.136. The molecule has 0 aromatic heterocycles.